The Bertz CT molecular complexity index is 839. The maximum atomic E-state index is 12.8. The van der Waals surface area contributed by atoms with Gasteiger partial charge in [0.05, 0.1) is 6.54 Å². The first-order valence-corrected chi connectivity index (χ1v) is 10.0. The van der Waals surface area contributed by atoms with Crippen molar-refractivity contribution in [3.05, 3.63) is 59.2 Å². The average molecular weight is 380 g/mol. The molecule has 1 aliphatic heterocycles. The van der Waals surface area contributed by atoms with Gasteiger partial charge in [-0.05, 0) is 62.1 Å². The number of carbonyl (C=O) groups is 2. The quantitative estimate of drug-likeness (QED) is 0.811. The minimum absolute atomic E-state index is 0.0477. The summed E-state index contributed by atoms with van der Waals surface area (Å²) in [4.78, 5) is 27.0. The molecule has 2 aromatic rings. The minimum Gasteiger partial charge on any atom is -0.376 e. The van der Waals surface area contributed by atoms with Crippen LogP contribution in [-0.4, -0.2) is 36.3 Å². The Labute approximate surface area is 167 Å². The van der Waals surface area contributed by atoms with Crippen molar-refractivity contribution in [3.8, 4) is 0 Å². The van der Waals surface area contributed by atoms with Gasteiger partial charge in [-0.3, -0.25) is 9.59 Å². The topological polar surface area (TPSA) is 61.4 Å². The summed E-state index contributed by atoms with van der Waals surface area (Å²) in [5.74, 6) is -0.0909. The third kappa shape index (κ3) is 5.35. The van der Waals surface area contributed by atoms with Crippen LogP contribution in [0.3, 0.4) is 0 Å². The first-order valence-electron chi connectivity index (χ1n) is 10.0. The molecule has 5 nitrogen and oxygen atoms in total. The number of hydrogen-bond acceptors (Lipinski definition) is 3. The van der Waals surface area contributed by atoms with Gasteiger partial charge in [0.2, 0.25) is 5.91 Å². The van der Waals surface area contributed by atoms with Crippen molar-refractivity contribution in [2.45, 2.75) is 39.5 Å². The molecule has 0 saturated carbocycles. The van der Waals surface area contributed by atoms with Crippen LogP contribution in [0.25, 0.3) is 0 Å². The van der Waals surface area contributed by atoms with Crippen LogP contribution in [0.1, 0.15) is 47.2 Å². The van der Waals surface area contributed by atoms with E-state index in [0.717, 1.165) is 42.7 Å². The van der Waals surface area contributed by atoms with Gasteiger partial charge in [0.15, 0.2) is 0 Å². The van der Waals surface area contributed by atoms with Crippen LogP contribution in [-0.2, 0) is 4.79 Å². The van der Waals surface area contributed by atoms with E-state index in [0.29, 0.717) is 11.3 Å². The van der Waals surface area contributed by atoms with Crippen LogP contribution in [0.2, 0.25) is 0 Å². The number of rotatable bonds is 5. The van der Waals surface area contributed by atoms with E-state index in [-0.39, 0.29) is 18.4 Å². The van der Waals surface area contributed by atoms with E-state index in [4.69, 9.17) is 0 Å². The second kappa shape index (κ2) is 9.40. The highest BCUT2D eigenvalue weighted by atomic mass is 16.2. The fourth-order valence-electron chi connectivity index (χ4n) is 3.49. The molecule has 0 aliphatic carbocycles. The Hall–Kier alpha value is -2.82. The summed E-state index contributed by atoms with van der Waals surface area (Å²) in [5.41, 5.74) is 4.48. The molecule has 0 bridgehead atoms. The van der Waals surface area contributed by atoms with Gasteiger partial charge in [0, 0.05) is 30.0 Å². The van der Waals surface area contributed by atoms with Crippen molar-refractivity contribution in [3.63, 3.8) is 0 Å². The molecular formula is C23H29N3O2. The normalized spacial score (nSPS) is 14.3. The molecule has 2 aromatic carbocycles. The van der Waals surface area contributed by atoms with Crippen LogP contribution < -0.4 is 10.6 Å². The number of benzene rings is 2. The van der Waals surface area contributed by atoms with E-state index >= 15 is 0 Å². The molecule has 3 rings (SSSR count). The standard InChI is InChI=1S/C23H29N3O2/c1-17-10-11-18(2)21(14-17)24-16-22(27)25-20-9-7-8-19(15-20)23(28)26-12-5-3-4-6-13-26/h7-11,14-15,24H,3-6,12-13,16H2,1-2H3,(H,25,27). The highest BCUT2D eigenvalue weighted by molar-refractivity contribution is 5.98. The summed E-state index contributed by atoms with van der Waals surface area (Å²) in [6.45, 7) is 5.84. The van der Waals surface area contributed by atoms with Gasteiger partial charge in [-0.15, -0.1) is 0 Å². The third-order valence-corrected chi connectivity index (χ3v) is 5.12. The predicted octanol–water partition coefficient (Wildman–Crippen LogP) is 4.37. The fraction of sp³-hybridized carbons (Fsp3) is 0.391. The number of nitrogens with zero attached hydrogens (tertiary/aromatic N) is 1. The SMILES string of the molecule is Cc1ccc(C)c(NCC(=O)Nc2cccc(C(=O)N3CCCCCC3)c2)c1. The van der Waals surface area contributed by atoms with E-state index < -0.39 is 0 Å². The smallest absolute Gasteiger partial charge is 0.253 e. The van der Waals surface area contributed by atoms with E-state index in [1.807, 2.05) is 55.1 Å². The molecule has 1 fully saturated rings. The largest absolute Gasteiger partial charge is 0.376 e. The Morgan fingerprint density at radius 3 is 2.46 bits per heavy atom. The lowest BCUT2D eigenvalue weighted by atomic mass is 10.1. The molecule has 0 radical (unpaired) electrons. The van der Waals surface area contributed by atoms with Gasteiger partial charge < -0.3 is 15.5 Å². The molecule has 148 valence electrons. The molecule has 2 N–H and O–H groups in total. The summed E-state index contributed by atoms with van der Waals surface area (Å²) < 4.78 is 0. The summed E-state index contributed by atoms with van der Waals surface area (Å²) in [6, 6.07) is 13.3. The van der Waals surface area contributed by atoms with Crippen molar-refractivity contribution in [1.82, 2.24) is 4.90 Å². The number of carbonyl (C=O) groups excluding carboxylic acids is 2. The molecule has 0 unspecified atom stereocenters. The van der Waals surface area contributed by atoms with Gasteiger partial charge in [-0.1, -0.05) is 31.0 Å². The zero-order chi connectivity index (χ0) is 19.9. The molecular weight excluding hydrogens is 350 g/mol. The zero-order valence-electron chi connectivity index (χ0n) is 16.8. The van der Waals surface area contributed by atoms with Crippen molar-refractivity contribution < 1.29 is 9.59 Å². The minimum atomic E-state index is -0.139. The molecule has 2 amide bonds. The van der Waals surface area contributed by atoms with Crippen molar-refractivity contribution >= 4 is 23.2 Å². The monoisotopic (exact) mass is 379 g/mol. The highest BCUT2D eigenvalue weighted by Gasteiger charge is 2.17. The van der Waals surface area contributed by atoms with Crippen molar-refractivity contribution in [1.29, 1.82) is 0 Å². The molecule has 5 heteroatoms. The van der Waals surface area contributed by atoms with E-state index in [1.54, 1.807) is 6.07 Å². The van der Waals surface area contributed by atoms with Crippen LogP contribution in [0, 0.1) is 13.8 Å². The third-order valence-electron chi connectivity index (χ3n) is 5.12. The van der Waals surface area contributed by atoms with Crippen LogP contribution >= 0.6 is 0 Å². The lowest BCUT2D eigenvalue weighted by Gasteiger charge is -2.20. The van der Waals surface area contributed by atoms with Gasteiger partial charge in [0.1, 0.15) is 0 Å². The lowest BCUT2D eigenvalue weighted by Crippen LogP contribution is -2.31. The average Bonchev–Trinajstić information content (AvgIpc) is 2.98. The van der Waals surface area contributed by atoms with Gasteiger partial charge in [0.25, 0.3) is 5.91 Å². The molecule has 0 aromatic heterocycles. The Balaban J connectivity index is 1.59. The second-order valence-corrected chi connectivity index (χ2v) is 7.51. The molecule has 1 aliphatic rings. The zero-order valence-corrected chi connectivity index (χ0v) is 16.8. The van der Waals surface area contributed by atoms with E-state index in [2.05, 4.69) is 10.6 Å². The van der Waals surface area contributed by atoms with Gasteiger partial charge in [-0.25, -0.2) is 0 Å². The molecule has 1 saturated heterocycles. The molecule has 28 heavy (non-hydrogen) atoms. The highest BCUT2D eigenvalue weighted by Crippen LogP contribution is 2.18. The number of aryl methyl sites for hydroxylation is 2. The second-order valence-electron chi connectivity index (χ2n) is 7.51. The first kappa shape index (κ1) is 19.9. The van der Waals surface area contributed by atoms with E-state index in [1.165, 1.54) is 12.8 Å². The Morgan fingerprint density at radius 2 is 1.71 bits per heavy atom. The Morgan fingerprint density at radius 1 is 0.964 bits per heavy atom. The summed E-state index contributed by atoms with van der Waals surface area (Å²) >= 11 is 0. The summed E-state index contributed by atoms with van der Waals surface area (Å²) in [7, 11) is 0. The van der Waals surface area contributed by atoms with Crippen LogP contribution in [0.15, 0.2) is 42.5 Å². The number of likely N-dealkylation sites (tertiary alicyclic amines) is 1. The maximum absolute atomic E-state index is 12.8. The van der Waals surface area contributed by atoms with Crippen LogP contribution in [0.5, 0.6) is 0 Å². The van der Waals surface area contributed by atoms with Crippen LogP contribution in [0.4, 0.5) is 11.4 Å². The molecule has 0 spiro atoms. The maximum Gasteiger partial charge on any atom is 0.253 e. The predicted molar refractivity (Wildman–Crippen MR) is 114 cm³/mol. The number of hydrogen-bond donors (Lipinski definition) is 2. The van der Waals surface area contributed by atoms with Gasteiger partial charge >= 0.3 is 0 Å². The number of nitrogens with one attached hydrogen (secondary N) is 2. The number of amides is 2. The fourth-order valence-corrected chi connectivity index (χ4v) is 3.49. The number of anilines is 2. The summed E-state index contributed by atoms with van der Waals surface area (Å²) in [6.07, 6.45) is 4.50. The van der Waals surface area contributed by atoms with Crippen molar-refractivity contribution in [2.75, 3.05) is 30.3 Å². The first-order chi connectivity index (χ1) is 13.5. The lowest BCUT2D eigenvalue weighted by molar-refractivity contribution is -0.114. The van der Waals surface area contributed by atoms with Gasteiger partial charge in [-0.2, -0.15) is 0 Å². The molecule has 0 atom stereocenters. The van der Waals surface area contributed by atoms with Crippen molar-refractivity contribution in [2.24, 2.45) is 0 Å². The Kier molecular flexibility index (Phi) is 6.69. The molecule has 1 heterocycles. The van der Waals surface area contributed by atoms with E-state index in [9.17, 15) is 9.59 Å². The summed E-state index contributed by atoms with van der Waals surface area (Å²) in [5, 5.41) is 6.07.